The van der Waals surface area contributed by atoms with Crippen molar-refractivity contribution in [3.05, 3.63) is 39.9 Å². The predicted molar refractivity (Wildman–Crippen MR) is 74.9 cm³/mol. The monoisotopic (exact) mass is 311 g/mol. The molecule has 0 radical (unpaired) electrons. The summed E-state index contributed by atoms with van der Waals surface area (Å²) in [6.07, 6.45) is 1.41. The molecule has 96 valence electrons. The Labute approximate surface area is 120 Å². The van der Waals surface area contributed by atoms with Crippen molar-refractivity contribution in [2.75, 3.05) is 5.32 Å². The van der Waals surface area contributed by atoms with E-state index in [0.29, 0.717) is 9.47 Å². The number of nitrogens with zero attached hydrogens (tertiary/aromatic N) is 2. The lowest BCUT2D eigenvalue weighted by atomic mass is 10.4. The third-order valence-corrected chi connectivity index (χ3v) is 4.22. The number of carbonyl (C=O) groups is 1. The van der Waals surface area contributed by atoms with Crippen molar-refractivity contribution in [2.24, 2.45) is 0 Å². The minimum atomic E-state index is -0.373. The summed E-state index contributed by atoms with van der Waals surface area (Å²) in [7, 11) is 0. The minimum absolute atomic E-state index is 0.149. The van der Waals surface area contributed by atoms with Crippen LogP contribution in [-0.4, -0.2) is 16.0 Å². The largest absolute Gasteiger partial charge is 0.351 e. The van der Waals surface area contributed by atoms with Crippen molar-refractivity contribution in [1.82, 2.24) is 10.1 Å². The smallest absolute Gasteiger partial charge is 0.296 e. The Balaban J connectivity index is 1.77. The van der Waals surface area contributed by atoms with E-state index in [1.54, 1.807) is 0 Å². The summed E-state index contributed by atoms with van der Waals surface area (Å²) >= 11 is 8.65. The van der Waals surface area contributed by atoms with Gasteiger partial charge < -0.3 is 4.52 Å². The van der Waals surface area contributed by atoms with Crippen molar-refractivity contribution in [3.63, 3.8) is 0 Å². The average Bonchev–Trinajstić information content (AvgIpc) is 3.07. The summed E-state index contributed by atoms with van der Waals surface area (Å²) in [5, 5.41) is 8.48. The third kappa shape index (κ3) is 2.67. The highest BCUT2D eigenvalue weighted by atomic mass is 35.5. The maximum absolute atomic E-state index is 11.7. The molecule has 0 fully saturated rings. The molecule has 0 atom stereocenters. The first-order chi connectivity index (χ1) is 9.22. The van der Waals surface area contributed by atoms with Crippen LogP contribution in [0.3, 0.4) is 0 Å². The first-order valence-electron chi connectivity index (χ1n) is 5.15. The molecular weight excluding hydrogens is 306 g/mol. The third-order valence-electron chi connectivity index (χ3n) is 2.21. The maximum atomic E-state index is 11.7. The number of carbonyl (C=O) groups excluding carboxylic acids is 1. The van der Waals surface area contributed by atoms with Crippen LogP contribution in [0, 0.1) is 0 Å². The van der Waals surface area contributed by atoms with Gasteiger partial charge in [0.1, 0.15) is 0 Å². The van der Waals surface area contributed by atoms with E-state index in [1.165, 1.54) is 34.9 Å². The Morgan fingerprint density at radius 2 is 2.26 bits per heavy atom. The Morgan fingerprint density at radius 1 is 1.37 bits per heavy atom. The minimum Gasteiger partial charge on any atom is -0.351 e. The molecule has 0 aliphatic rings. The van der Waals surface area contributed by atoms with Crippen LogP contribution in [0.25, 0.3) is 10.6 Å². The molecule has 0 aliphatic carbocycles. The van der Waals surface area contributed by atoms with E-state index in [2.05, 4.69) is 15.5 Å². The number of aromatic nitrogens is 2. The molecule has 3 aromatic rings. The predicted octanol–water partition coefficient (Wildman–Crippen LogP) is 3.77. The van der Waals surface area contributed by atoms with Crippen molar-refractivity contribution in [1.29, 1.82) is 0 Å². The van der Waals surface area contributed by atoms with E-state index >= 15 is 0 Å². The lowest BCUT2D eigenvalue weighted by Gasteiger charge is -1.96. The van der Waals surface area contributed by atoms with Crippen LogP contribution in [-0.2, 0) is 0 Å². The van der Waals surface area contributed by atoms with Crippen LogP contribution in [0.15, 0.2) is 34.3 Å². The second-order valence-electron chi connectivity index (χ2n) is 3.47. The van der Waals surface area contributed by atoms with Crippen LogP contribution >= 0.6 is 34.3 Å². The zero-order valence-corrected chi connectivity index (χ0v) is 11.7. The average molecular weight is 312 g/mol. The van der Waals surface area contributed by atoms with Crippen molar-refractivity contribution in [2.45, 2.75) is 0 Å². The summed E-state index contributed by atoms with van der Waals surface area (Å²) in [5.74, 6) is -0.224. The van der Waals surface area contributed by atoms with Gasteiger partial charge in [-0.05, 0) is 12.1 Å². The first-order valence-corrected chi connectivity index (χ1v) is 7.23. The highest BCUT2D eigenvalue weighted by Gasteiger charge is 2.13. The summed E-state index contributed by atoms with van der Waals surface area (Å²) < 4.78 is 5.47. The lowest BCUT2D eigenvalue weighted by Crippen LogP contribution is -2.10. The zero-order chi connectivity index (χ0) is 13.2. The Morgan fingerprint density at radius 3 is 2.95 bits per heavy atom. The van der Waals surface area contributed by atoms with E-state index in [4.69, 9.17) is 16.1 Å². The molecule has 0 aromatic carbocycles. The summed E-state index contributed by atoms with van der Waals surface area (Å²) in [4.78, 5) is 17.0. The van der Waals surface area contributed by atoms with Gasteiger partial charge in [-0.2, -0.15) is 0 Å². The van der Waals surface area contributed by atoms with Crippen LogP contribution in [0.2, 0.25) is 4.34 Å². The van der Waals surface area contributed by atoms with E-state index in [-0.39, 0.29) is 11.7 Å². The molecule has 5 nitrogen and oxygen atoms in total. The second-order valence-corrected chi connectivity index (χ2v) is 6.05. The van der Waals surface area contributed by atoms with Crippen LogP contribution in [0.5, 0.6) is 0 Å². The second kappa shape index (κ2) is 5.12. The number of anilines is 1. The van der Waals surface area contributed by atoms with Gasteiger partial charge in [0.25, 0.3) is 5.91 Å². The Kier molecular flexibility index (Phi) is 3.33. The Hall–Kier alpha value is -1.70. The number of halogens is 1. The topological polar surface area (TPSA) is 68.0 Å². The van der Waals surface area contributed by atoms with Gasteiger partial charge in [-0.15, -0.1) is 22.7 Å². The van der Waals surface area contributed by atoms with E-state index < -0.39 is 0 Å². The number of nitrogens with one attached hydrogen (secondary N) is 1. The van der Waals surface area contributed by atoms with Gasteiger partial charge in [-0.1, -0.05) is 16.8 Å². The molecule has 1 amide bonds. The number of hydrogen-bond acceptors (Lipinski definition) is 6. The van der Waals surface area contributed by atoms with E-state index in [9.17, 15) is 4.79 Å². The molecule has 0 unspecified atom stereocenters. The van der Waals surface area contributed by atoms with Crippen molar-refractivity contribution in [3.8, 4) is 10.6 Å². The quantitative estimate of drug-likeness (QED) is 0.799. The summed E-state index contributed by atoms with van der Waals surface area (Å²) in [5.41, 5.74) is 0.787. The molecule has 3 rings (SSSR count). The van der Waals surface area contributed by atoms with Gasteiger partial charge in [0.05, 0.1) is 21.1 Å². The standard InChI is InChI=1S/C11H6ClN3O2S2/c12-9-2-1-8(19-9)6-5-18-11(14-6)15-10(16)7-3-4-13-17-7/h1-5H,(H,14,15,16). The molecule has 3 heterocycles. The molecule has 1 N–H and O–H groups in total. The number of hydrogen-bond donors (Lipinski definition) is 1. The maximum Gasteiger partial charge on any atom is 0.296 e. The fraction of sp³-hybridized carbons (Fsp3) is 0. The zero-order valence-electron chi connectivity index (χ0n) is 9.29. The Bertz CT molecular complexity index is 705. The van der Waals surface area contributed by atoms with Gasteiger partial charge >= 0.3 is 0 Å². The summed E-state index contributed by atoms with van der Waals surface area (Å²) in [6, 6.07) is 5.20. The van der Waals surface area contributed by atoms with Gasteiger partial charge in [0.2, 0.25) is 5.76 Å². The van der Waals surface area contributed by atoms with Crippen LogP contribution in [0.1, 0.15) is 10.6 Å². The molecule has 8 heteroatoms. The summed E-state index contributed by atoms with van der Waals surface area (Å²) in [6.45, 7) is 0. The molecule has 0 saturated heterocycles. The first kappa shape index (κ1) is 12.3. The number of thiophene rings is 1. The molecule has 3 aromatic heterocycles. The van der Waals surface area contributed by atoms with Gasteiger partial charge in [0.15, 0.2) is 5.13 Å². The molecule has 19 heavy (non-hydrogen) atoms. The van der Waals surface area contributed by atoms with Crippen LogP contribution < -0.4 is 5.32 Å². The van der Waals surface area contributed by atoms with Crippen molar-refractivity contribution < 1.29 is 9.32 Å². The molecule has 0 bridgehead atoms. The molecular formula is C11H6ClN3O2S2. The van der Waals surface area contributed by atoms with Crippen molar-refractivity contribution >= 4 is 45.3 Å². The fourth-order valence-electron chi connectivity index (χ4n) is 1.39. The highest BCUT2D eigenvalue weighted by molar-refractivity contribution is 7.20. The van der Waals surface area contributed by atoms with Gasteiger partial charge in [0, 0.05) is 11.4 Å². The number of rotatable bonds is 3. The normalized spacial score (nSPS) is 10.6. The van der Waals surface area contributed by atoms with Gasteiger partial charge in [-0.25, -0.2) is 4.98 Å². The molecule has 0 spiro atoms. The SMILES string of the molecule is O=C(Nc1nc(-c2ccc(Cl)s2)cs1)c1ccno1. The molecule has 0 aliphatic heterocycles. The lowest BCUT2D eigenvalue weighted by molar-refractivity contribution is 0.0988. The van der Waals surface area contributed by atoms with Crippen LogP contribution in [0.4, 0.5) is 5.13 Å². The van der Waals surface area contributed by atoms with E-state index in [0.717, 1.165) is 10.6 Å². The van der Waals surface area contributed by atoms with Gasteiger partial charge in [-0.3, -0.25) is 10.1 Å². The number of thiazole rings is 1. The molecule has 0 saturated carbocycles. The highest BCUT2D eigenvalue weighted by Crippen LogP contribution is 2.32. The fourth-order valence-corrected chi connectivity index (χ4v) is 3.17. The number of amides is 1. The van der Waals surface area contributed by atoms with E-state index in [1.807, 2.05) is 17.5 Å².